The summed E-state index contributed by atoms with van der Waals surface area (Å²) < 4.78 is 5.02. The van der Waals surface area contributed by atoms with Gasteiger partial charge in [-0.05, 0) is 6.07 Å². The quantitative estimate of drug-likeness (QED) is 0.583. The van der Waals surface area contributed by atoms with Crippen LogP contribution < -0.4 is 0 Å². The molecule has 1 aromatic heterocycles. The van der Waals surface area contributed by atoms with Gasteiger partial charge in [-0.1, -0.05) is 23.7 Å². The van der Waals surface area contributed by atoms with Crippen molar-refractivity contribution in [3.8, 4) is 0 Å². The third kappa shape index (κ3) is 1.45. The summed E-state index contributed by atoms with van der Waals surface area (Å²) in [5.74, 6) is 0.682. The zero-order valence-corrected chi connectivity index (χ0v) is 8.61. The molecule has 15 heavy (non-hydrogen) atoms. The number of hydrogen-bond donors (Lipinski definition) is 0. The molecule has 2 rings (SSSR count). The zero-order chi connectivity index (χ0) is 11.0. The Morgan fingerprint density at radius 2 is 2.33 bits per heavy atom. The molecule has 5 nitrogen and oxygen atoms in total. The Labute approximate surface area is 89.8 Å². The van der Waals surface area contributed by atoms with Gasteiger partial charge in [0, 0.05) is 17.9 Å². The highest BCUT2D eigenvalue weighted by Crippen LogP contribution is 2.33. The second kappa shape index (κ2) is 3.51. The van der Waals surface area contributed by atoms with Crippen molar-refractivity contribution in [2.24, 2.45) is 0 Å². The molecule has 2 aromatic rings. The number of fused-ring (bicyclic) bond motifs is 1. The molecule has 1 heterocycles. The van der Waals surface area contributed by atoms with Gasteiger partial charge in [0.15, 0.2) is 0 Å². The normalized spacial score (nSPS) is 10.8. The Bertz CT molecular complexity index is 535. The van der Waals surface area contributed by atoms with E-state index in [1.54, 1.807) is 6.07 Å². The first kappa shape index (κ1) is 9.92. The maximum absolute atomic E-state index is 10.6. The van der Waals surface area contributed by atoms with Gasteiger partial charge in [-0.2, -0.15) is 0 Å². The van der Waals surface area contributed by atoms with Crippen LogP contribution in [0.3, 0.4) is 0 Å². The second-order valence-corrected chi connectivity index (χ2v) is 3.39. The fourth-order valence-electron chi connectivity index (χ4n) is 1.41. The molecule has 0 saturated heterocycles. The zero-order valence-electron chi connectivity index (χ0n) is 7.86. The summed E-state index contributed by atoms with van der Waals surface area (Å²) in [6, 6.07) is 2.97. The fraction of sp³-hybridized carbons (Fsp3) is 0.222. The van der Waals surface area contributed by atoms with Crippen LogP contribution in [0, 0.1) is 10.1 Å². The van der Waals surface area contributed by atoms with Gasteiger partial charge < -0.3 is 4.52 Å². The molecule has 0 radical (unpaired) electrons. The minimum Gasteiger partial charge on any atom is -0.360 e. The molecule has 1 aromatic carbocycles. The average Bonchev–Trinajstić information content (AvgIpc) is 2.61. The highest BCUT2D eigenvalue weighted by Gasteiger charge is 2.19. The van der Waals surface area contributed by atoms with Gasteiger partial charge >= 0.3 is 0 Å². The number of nitrogens with zero attached hydrogens (tertiary/aromatic N) is 2. The van der Waals surface area contributed by atoms with Gasteiger partial charge in [0.05, 0.1) is 4.92 Å². The third-order valence-corrected chi connectivity index (χ3v) is 2.53. The number of aromatic nitrogens is 1. The molecule has 0 spiro atoms. The van der Waals surface area contributed by atoms with E-state index in [1.165, 1.54) is 6.07 Å². The molecular formula is C9H7ClN2O3. The van der Waals surface area contributed by atoms with E-state index in [-0.39, 0.29) is 10.7 Å². The lowest BCUT2D eigenvalue weighted by Crippen LogP contribution is -1.89. The Kier molecular flexibility index (Phi) is 2.32. The van der Waals surface area contributed by atoms with E-state index >= 15 is 0 Å². The third-order valence-electron chi connectivity index (χ3n) is 2.16. The summed E-state index contributed by atoms with van der Waals surface area (Å²) >= 11 is 5.84. The van der Waals surface area contributed by atoms with E-state index in [2.05, 4.69) is 5.16 Å². The molecule has 0 saturated carbocycles. The minimum absolute atomic E-state index is 0.0287. The summed E-state index contributed by atoms with van der Waals surface area (Å²) in [5, 5.41) is 15.1. The lowest BCUT2D eigenvalue weighted by atomic mass is 10.2. The number of halogens is 1. The Balaban J connectivity index is 2.75. The summed E-state index contributed by atoms with van der Waals surface area (Å²) in [5.41, 5.74) is 0.197. The van der Waals surface area contributed by atoms with Crippen molar-refractivity contribution in [2.45, 2.75) is 13.3 Å². The summed E-state index contributed by atoms with van der Waals surface area (Å²) in [6.07, 6.45) is 0.671. The molecule has 0 aliphatic carbocycles. The van der Waals surface area contributed by atoms with Crippen LogP contribution >= 0.6 is 11.6 Å². The molecular weight excluding hydrogens is 220 g/mol. The van der Waals surface area contributed by atoms with Crippen molar-refractivity contribution in [2.75, 3.05) is 0 Å². The van der Waals surface area contributed by atoms with Crippen molar-refractivity contribution in [3.63, 3.8) is 0 Å². The molecule has 0 N–H and O–H groups in total. The predicted octanol–water partition coefficient (Wildman–Crippen LogP) is 2.95. The maximum Gasteiger partial charge on any atom is 0.290 e. The summed E-state index contributed by atoms with van der Waals surface area (Å²) in [7, 11) is 0. The van der Waals surface area contributed by atoms with Gasteiger partial charge in [0.1, 0.15) is 16.3 Å². The Hall–Kier alpha value is -1.62. The topological polar surface area (TPSA) is 69.2 Å². The molecule has 0 bridgehead atoms. The van der Waals surface area contributed by atoms with Gasteiger partial charge in [-0.3, -0.25) is 10.1 Å². The number of nitro benzene ring substituents is 1. The first-order valence-electron chi connectivity index (χ1n) is 4.36. The van der Waals surface area contributed by atoms with Gasteiger partial charge in [-0.15, -0.1) is 0 Å². The van der Waals surface area contributed by atoms with Crippen LogP contribution in [0.4, 0.5) is 5.69 Å². The van der Waals surface area contributed by atoms with Crippen LogP contribution in [0.1, 0.15) is 12.7 Å². The first-order valence-corrected chi connectivity index (χ1v) is 4.74. The van der Waals surface area contributed by atoms with E-state index in [1.807, 2.05) is 6.92 Å². The lowest BCUT2D eigenvalue weighted by Gasteiger charge is -1.94. The van der Waals surface area contributed by atoms with E-state index in [0.717, 1.165) is 5.39 Å². The Morgan fingerprint density at radius 3 is 2.93 bits per heavy atom. The SMILES string of the molecule is CCc1onc2c(Cl)c([N+](=O)[O-])ccc12. The Morgan fingerprint density at radius 1 is 1.60 bits per heavy atom. The molecule has 78 valence electrons. The van der Waals surface area contributed by atoms with E-state index in [9.17, 15) is 10.1 Å². The lowest BCUT2D eigenvalue weighted by molar-refractivity contribution is -0.384. The fourth-order valence-corrected chi connectivity index (χ4v) is 1.68. The van der Waals surface area contributed by atoms with Crippen molar-refractivity contribution in [1.82, 2.24) is 5.16 Å². The highest BCUT2D eigenvalue weighted by atomic mass is 35.5. The monoisotopic (exact) mass is 226 g/mol. The van der Waals surface area contributed by atoms with Crippen molar-refractivity contribution in [3.05, 3.63) is 33.0 Å². The molecule has 0 aliphatic rings. The first-order chi connectivity index (χ1) is 7.15. The van der Waals surface area contributed by atoms with Crippen molar-refractivity contribution < 1.29 is 9.45 Å². The number of hydrogen-bond acceptors (Lipinski definition) is 4. The number of rotatable bonds is 2. The van der Waals surface area contributed by atoms with E-state index in [0.29, 0.717) is 17.7 Å². The predicted molar refractivity (Wildman–Crippen MR) is 55.1 cm³/mol. The van der Waals surface area contributed by atoms with Crippen molar-refractivity contribution >= 4 is 28.2 Å². The van der Waals surface area contributed by atoms with E-state index < -0.39 is 4.92 Å². The standard InChI is InChI=1S/C9H7ClN2O3/c1-2-7-5-3-4-6(12(13)14)8(10)9(5)11-15-7/h3-4H,2H2,1H3. The second-order valence-electron chi connectivity index (χ2n) is 3.01. The van der Waals surface area contributed by atoms with Crippen molar-refractivity contribution in [1.29, 1.82) is 0 Å². The summed E-state index contributed by atoms with van der Waals surface area (Å²) in [6.45, 7) is 1.91. The maximum atomic E-state index is 10.6. The molecule has 6 heteroatoms. The largest absolute Gasteiger partial charge is 0.360 e. The van der Waals surface area contributed by atoms with Crippen LogP contribution in [-0.4, -0.2) is 10.1 Å². The summed E-state index contributed by atoms with van der Waals surface area (Å²) in [4.78, 5) is 10.1. The molecule has 0 atom stereocenters. The smallest absolute Gasteiger partial charge is 0.290 e. The molecule has 0 aliphatic heterocycles. The highest BCUT2D eigenvalue weighted by molar-refractivity contribution is 6.37. The van der Waals surface area contributed by atoms with Crippen LogP contribution in [0.15, 0.2) is 16.7 Å². The van der Waals surface area contributed by atoms with Crippen LogP contribution in [0.2, 0.25) is 5.02 Å². The van der Waals surface area contributed by atoms with Gasteiger partial charge in [0.2, 0.25) is 0 Å². The number of aryl methyl sites for hydroxylation is 1. The van der Waals surface area contributed by atoms with Crippen LogP contribution in [0.25, 0.3) is 10.9 Å². The molecule has 0 fully saturated rings. The molecule has 0 unspecified atom stereocenters. The van der Waals surface area contributed by atoms with Gasteiger partial charge in [0.25, 0.3) is 5.69 Å². The number of benzene rings is 1. The number of nitro groups is 1. The minimum atomic E-state index is -0.540. The van der Waals surface area contributed by atoms with Gasteiger partial charge in [-0.25, -0.2) is 0 Å². The average molecular weight is 227 g/mol. The van der Waals surface area contributed by atoms with Crippen LogP contribution in [0.5, 0.6) is 0 Å². The van der Waals surface area contributed by atoms with E-state index in [4.69, 9.17) is 16.1 Å². The van der Waals surface area contributed by atoms with Crippen LogP contribution in [-0.2, 0) is 6.42 Å². The molecule has 0 amide bonds.